The number of aliphatic hydroxyl groups is 1. The van der Waals surface area contributed by atoms with Gasteiger partial charge in [-0.2, -0.15) is 0 Å². The fraction of sp³-hybridized carbons (Fsp3) is 0.731. The topological polar surface area (TPSA) is 169 Å². The highest BCUT2D eigenvalue weighted by Crippen LogP contribution is 2.47. The fourth-order valence-electron chi connectivity index (χ4n) is 10.4. The molecule has 0 saturated carbocycles. The summed E-state index contributed by atoms with van der Waals surface area (Å²) in [7, 11) is 0. The van der Waals surface area contributed by atoms with Gasteiger partial charge in [0.2, 0.25) is 5.24 Å². The fourth-order valence-corrected chi connectivity index (χ4v) is 10.5. The van der Waals surface area contributed by atoms with E-state index in [1.54, 1.807) is 0 Å². The van der Waals surface area contributed by atoms with Crippen LogP contribution in [0.15, 0.2) is 47.6 Å². The molecule has 2 aliphatic heterocycles. The average molecular weight is 999 g/mol. The number of carbonyl (C=O) groups is 6. The van der Waals surface area contributed by atoms with Gasteiger partial charge in [0.15, 0.2) is 0 Å². The Hall–Kier alpha value is -3.19. The molecule has 2 saturated heterocycles. The van der Waals surface area contributed by atoms with Gasteiger partial charge in [-0.1, -0.05) is 91.8 Å². The molecule has 0 aromatic rings. The number of esters is 5. The number of carbonyl (C=O) groups excluding carboxylic acids is 6. The van der Waals surface area contributed by atoms with Crippen LogP contribution in [0.4, 0.5) is 0 Å². The Bertz CT molecular complexity index is 1830. The molecule has 6 aliphatic rings. The molecule has 12 nitrogen and oxygen atoms in total. The summed E-state index contributed by atoms with van der Waals surface area (Å²) in [5, 5.41) is 9.39. The Balaban J connectivity index is 0.000000267. The first-order valence-electron chi connectivity index (χ1n) is 24.5. The Morgan fingerprint density at radius 2 is 1.10 bits per heavy atom. The Morgan fingerprint density at radius 1 is 0.672 bits per heavy atom. The highest BCUT2D eigenvalue weighted by molar-refractivity contribution is 6.67. The van der Waals surface area contributed by atoms with E-state index >= 15 is 0 Å². The van der Waals surface area contributed by atoms with Crippen molar-refractivity contribution in [3.05, 3.63) is 47.6 Å². The maximum atomic E-state index is 12.6. The zero-order valence-corrected chi connectivity index (χ0v) is 42.9. The monoisotopic (exact) mass is 996 g/mol. The number of cyclic esters (lactones) is 2. The lowest BCUT2D eigenvalue weighted by Gasteiger charge is -2.43. The van der Waals surface area contributed by atoms with Crippen molar-refractivity contribution >= 4 is 69.9 Å². The lowest BCUT2D eigenvalue weighted by atomic mass is 9.65. The summed E-state index contributed by atoms with van der Waals surface area (Å²) < 4.78 is 28.4. The molecule has 0 spiro atoms. The van der Waals surface area contributed by atoms with Crippen LogP contribution in [0, 0.1) is 59.2 Å². The first kappa shape index (κ1) is 56.4. The molecule has 2 fully saturated rings. The maximum Gasteiger partial charge on any atom is 0.321 e. The van der Waals surface area contributed by atoms with E-state index in [4.69, 9.17) is 58.5 Å². The van der Waals surface area contributed by atoms with Gasteiger partial charge >= 0.3 is 29.8 Å². The van der Waals surface area contributed by atoms with Crippen molar-refractivity contribution in [1.82, 2.24) is 0 Å². The minimum atomic E-state index is -0.597. The molecular formula is C52H75Cl3O12. The Kier molecular flexibility index (Phi) is 23.0. The van der Waals surface area contributed by atoms with Gasteiger partial charge in [0.1, 0.15) is 36.4 Å². The minimum Gasteiger partial charge on any atom is -0.462 e. The second-order valence-corrected chi connectivity index (χ2v) is 20.7. The second-order valence-electron chi connectivity index (χ2n) is 19.8. The van der Waals surface area contributed by atoms with E-state index < -0.39 is 23.4 Å². The van der Waals surface area contributed by atoms with Gasteiger partial charge < -0.3 is 28.8 Å². The first-order chi connectivity index (χ1) is 31.8. The number of halogens is 3. The SMILES string of the molecule is CC[C@H](C)C(=O)O[C@H]1C[C@@H](C)C=C2C=C[C@H](C)[C@H](CC[C@@H]3C[C@@H](O)CC(=O)O3)[C@H]21.CC[C@H](C)C(=O)O[C@H]1C[C@@H](C)C=C2C=C[C@H](C)[C@H](CC[C@@H]3C[C@@H](OC(=O)CCl)CC(=O)O3)[C@H]21.O=C(Cl)CCl. The number of allylic oxidation sites excluding steroid dienone is 6. The van der Waals surface area contributed by atoms with Gasteiger partial charge in [0, 0.05) is 24.7 Å². The lowest BCUT2D eigenvalue weighted by Crippen LogP contribution is -2.42. The third-order valence-electron chi connectivity index (χ3n) is 14.4. The van der Waals surface area contributed by atoms with Crippen molar-refractivity contribution in [2.24, 2.45) is 59.2 Å². The first-order valence-corrected chi connectivity index (χ1v) is 26.0. The lowest BCUT2D eigenvalue weighted by molar-refractivity contribution is -0.169. The van der Waals surface area contributed by atoms with Gasteiger partial charge in [-0.3, -0.25) is 28.8 Å². The van der Waals surface area contributed by atoms with Crippen LogP contribution in [0.2, 0.25) is 0 Å². The van der Waals surface area contributed by atoms with E-state index in [1.165, 1.54) is 11.1 Å². The summed E-state index contributed by atoms with van der Waals surface area (Å²) in [6.07, 6.45) is 19.1. The highest BCUT2D eigenvalue weighted by atomic mass is 35.5. The smallest absolute Gasteiger partial charge is 0.321 e. The average Bonchev–Trinajstić information content (AvgIpc) is 3.27. The van der Waals surface area contributed by atoms with Gasteiger partial charge in [-0.05, 0) is 110 Å². The molecule has 0 aromatic carbocycles. The molecule has 1 N–H and O–H groups in total. The van der Waals surface area contributed by atoms with Crippen LogP contribution in [-0.4, -0.2) is 88.6 Å². The molecule has 16 atom stereocenters. The van der Waals surface area contributed by atoms with Gasteiger partial charge in [0.05, 0.1) is 36.7 Å². The molecule has 0 radical (unpaired) electrons. The van der Waals surface area contributed by atoms with E-state index in [0.29, 0.717) is 48.9 Å². The molecule has 0 amide bonds. The molecule has 0 bridgehead atoms. The zero-order chi connectivity index (χ0) is 49.5. The van der Waals surface area contributed by atoms with Crippen LogP contribution < -0.4 is 0 Å². The van der Waals surface area contributed by atoms with E-state index in [1.807, 2.05) is 27.7 Å². The number of rotatable bonds is 15. The Labute approximate surface area is 413 Å². The van der Waals surface area contributed by atoms with Crippen molar-refractivity contribution in [2.45, 2.75) is 169 Å². The molecular weight excluding hydrogens is 923 g/mol. The van der Waals surface area contributed by atoms with E-state index in [-0.39, 0.29) is 102 Å². The van der Waals surface area contributed by atoms with Crippen LogP contribution in [0.1, 0.15) is 132 Å². The third-order valence-corrected chi connectivity index (χ3v) is 15.1. The zero-order valence-electron chi connectivity index (χ0n) is 40.7. The summed E-state index contributed by atoms with van der Waals surface area (Å²) in [6, 6.07) is 0. The molecule has 0 unspecified atom stereocenters. The minimum absolute atomic E-state index is 0.0722. The van der Waals surface area contributed by atoms with Crippen molar-refractivity contribution < 1.29 is 57.6 Å². The number of hydrogen-bond donors (Lipinski definition) is 1. The summed E-state index contributed by atoms with van der Waals surface area (Å²) in [5.74, 6) is 0.407. The van der Waals surface area contributed by atoms with Crippen molar-refractivity contribution in [1.29, 1.82) is 0 Å². The van der Waals surface area contributed by atoms with Crippen LogP contribution in [-0.2, 0) is 52.5 Å². The van der Waals surface area contributed by atoms with Gasteiger partial charge in [-0.15, -0.1) is 23.2 Å². The van der Waals surface area contributed by atoms with Crippen LogP contribution in [0.25, 0.3) is 0 Å². The highest BCUT2D eigenvalue weighted by Gasteiger charge is 2.44. The molecule has 6 rings (SSSR count). The molecule has 376 valence electrons. The summed E-state index contributed by atoms with van der Waals surface area (Å²) in [4.78, 5) is 69.9. The number of hydrogen-bond acceptors (Lipinski definition) is 12. The van der Waals surface area contributed by atoms with E-state index in [0.717, 1.165) is 44.9 Å². The molecule has 4 aliphatic carbocycles. The molecule has 0 aromatic heterocycles. The Morgan fingerprint density at radius 3 is 1.51 bits per heavy atom. The predicted octanol–water partition coefficient (Wildman–Crippen LogP) is 10.2. The summed E-state index contributed by atoms with van der Waals surface area (Å²) >= 11 is 15.1. The third kappa shape index (κ3) is 17.0. The van der Waals surface area contributed by atoms with Crippen molar-refractivity contribution in [3.8, 4) is 0 Å². The molecule has 2 heterocycles. The largest absolute Gasteiger partial charge is 0.462 e. The van der Waals surface area contributed by atoms with Crippen LogP contribution in [0.3, 0.4) is 0 Å². The van der Waals surface area contributed by atoms with Gasteiger partial charge in [-0.25, -0.2) is 0 Å². The summed E-state index contributed by atoms with van der Waals surface area (Å²) in [6.45, 7) is 16.6. The molecule has 15 heteroatoms. The summed E-state index contributed by atoms with van der Waals surface area (Å²) in [5.41, 5.74) is 2.52. The number of aliphatic hydroxyl groups excluding tert-OH is 1. The van der Waals surface area contributed by atoms with E-state index in [9.17, 15) is 33.9 Å². The van der Waals surface area contributed by atoms with Crippen molar-refractivity contribution in [3.63, 3.8) is 0 Å². The number of alkyl halides is 2. The van der Waals surface area contributed by atoms with Gasteiger partial charge in [0.25, 0.3) is 0 Å². The van der Waals surface area contributed by atoms with Crippen molar-refractivity contribution in [2.75, 3.05) is 11.8 Å². The quantitative estimate of drug-likeness (QED) is 0.0715. The second kappa shape index (κ2) is 27.3. The van der Waals surface area contributed by atoms with E-state index in [2.05, 4.69) is 64.2 Å². The number of fused-ring (bicyclic) bond motifs is 2. The normalized spacial score (nSPS) is 34.0. The van der Waals surface area contributed by atoms with Crippen LogP contribution >= 0.6 is 34.8 Å². The van der Waals surface area contributed by atoms with Crippen LogP contribution in [0.5, 0.6) is 0 Å². The standard InChI is InChI=1S/C26H37ClO6.C24H36O5.C2H2Cl2O/c1-5-16(3)26(30)33-22-11-15(2)10-18-7-6-17(4)21(25(18)22)9-8-19-12-20(13-23(28)31-19)32-24(29)14-27;1-5-15(3)24(27)29-21-11-14(2)10-17-7-6-16(4)20(23(17)21)9-8-19-12-18(25)13-22(26)28-19;3-1-2(4)5/h6-7,10,15-17,19-22,25H,5,8-9,11-14H2,1-4H3;6-7,10,14-16,18-21,23,25H,5,8-9,11-13H2,1-4H3;1H2/t15-,16-,17-,19+,20+,21-,22-,25-;14-,15-,16-,18+,19+,20-,21-,23-;/m00./s1. The predicted molar refractivity (Wildman–Crippen MR) is 258 cm³/mol. The maximum absolute atomic E-state index is 12.6. The number of ether oxygens (including phenoxy) is 5. The molecule has 67 heavy (non-hydrogen) atoms.